The van der Waals surface area contributed by atoms with E-state index in [9.17, 15) is 4.79 Å². The van der Waals surface area contributed by atoms with Gasteiger partial charge in [-0.05, 0) is 56.5 Å². The summed E-state index contributed by atoms with van der Waals surface area (Å²) in [4.78, 5) is 28.6. The van der Waals surface area contributed by atoms with Gasteiger partial charge in [0.2, 0.25) is 11.9 Å². The minimum absolute atomic E-state index is 0.202. The van der Waals surface area contributed by atoms with Crippen molar-refractivity contribution in [1.29, 1.82) is 0 Å². The Morgan fingerprint density at radius 1 is 1.13 bits per heavy atom. The van der Waals surface area contributed by atoms with Crippen LogP contribution in [-0.4, -0.2) is 72.5 Å². The highest BCUT2D eigenvalue weighted by Crippen LogP contribution is 2.34. The molecule has 1 atom stereocenters. The Morgan fingerprint density at radius 2 is 1.87 bits per heavy atom. The smallest absolute Gasteiger partial charge is 0.236 e. The third kappa shape index (κ3) is 4.76. The van der Waals surface area contributed by atoms with Gasteiger partial charge in [0.25, 0.3) is 0 Å². The lowest BCUT2D eigenvalue weighted by Gasteiger charge is -2.34. The van der Waals surface area contributed by atoms with Crippen LogP contribution in [0, 0.1) is 0 Å². The molecule has 0 radical (unpaired) electrons. The molecule has 160 valence electrons. The van der Waals surface area contributed by atoms with Crippen LogP contribution in [0.25, 0.3) is 11.1 Å². The highest BCUT2D eigenvalue weighted by Gasteiger charge is 2.29. The number of piperidine rings is 1. The summed E-state index contributed by atoms with van der Waals surface area (Å²) in [6.07, 6.45) is 6.34. The first-order valence-electron chi connectivity index (χ1n) is 10.8. The summed E-state index contributed by atoms with van der Waals surface area (Å²) in [6, 6.07) is 7.82. The van der Waals surface area contributed by atoms with Gasteiger partial charge in [-0.2, -0.15) is 0 Å². The average Bonchev–Trinajstić information content (AvgIpc) is 3.27. The number of carbonyl (C=O) groups excluding carboxylic acids is 1. The predicted molar refractivity (Wildman–Crippen MR) is 121 cm³/mol. The van der Waals surface area contributed by atoms with Gasteiger partial charge in [0.15, 0.2) is 0 Å². The van der Waals surface area contributed by atoms with E-state index in [0.717, 1.165) is 55.8 Å². The zero-order chi connectivity index (χ0) is 21.1. The van der Waals surface area contributed by atoms with Gasteiger partial charge in [0, 0.05) is 49.9 Å². The highest BCUT2D eigenvalue weighted by molar-refractivity contribution is 6.30. The van der Waals surface area contributed by atoms with Gasteiger partial charge in [0.05, 0.1) is 12.2 Å². The molecule has 2 saturated heterocycles. The molecule has 4 rings (SSSR count). The first kappa shape index (κ1) is 21.1. The van der Waals surface area contributed by atoms with E-state index >= 15 is 0 Å². The molecule has 1 amide bonds. The Hall–Kier alpha value is -2.18. The third-order valence-electron chi connectivity index (χ3n) is 6.08. The molecule has 0 unspecified atom stereocenters. The molecule has 0 spiro atoms. The van der Waals surface area contributed by atoms with E-state index in [-0.39, 0.29) is 11.8 Å². The lowest BCUT2D eigenvalue weighted by molar-refractivity contribution is -0.133. The summed E-state index contributed by atoms with van der Waals surface area (Å²) >= 11 is 6.09. The van der Waals surface area contributed by atoms with Crippen LogP contribution in [0.3, 0.4) is 0 Å². The Labute approximate surface area is 183 Å². The van der Waals surface area contributed by atoms with Gasteiger partial charge >= 0.3 is 0 Å². The van der Waals surface area contributed by atoms with E-state index < -0.39 is 0 Å². The number of benzene rings is 1. The van der Waals surface area contributed by atoms with E-state index in [1.807, 2.05) is 54.4 Å². The van der Waals surface area contributed by atoms with E-state index in [2.05, 4.69) is 9.88 Å². The normalized spacial score (nSPS) is 19.8. The van der Waals surface area contributed by atoms with Crippen LogP contribution in [0.1, 0.15) is 37.3 Å². The Balaban J connectivity index is 1.59. The minimum Gasteiger partial charge on any atom is -0.347 e. The van der Waals surface area contributed by atoms with Crippen molar-refractivity contribution in [1.82, 2.24) is 19.8 Å². The van der Waals surface area contributed by atoms with Crippen LogP contribution in [0.2, 0.25) is 5.02 Å². The molecule has 2 aromatic rings. The Morgan fingerprint density at radius 3 is 2.57 bits per heavy atom. The second-order valence-electron chi connectivity index (χ2n) is 8.53. The summed E-state index contributed by atoms with van der Waals surface area (Å²) in [7, 11) is 3.90. The molecule has 2 fully saturated rings. The summed E-state index contributed by atoms with van der Waals surface area (Å²) in [5.74, 6) is 1.15. The number of halogens is 1. The number of hydrogen-bond acceptors (Lipinski definition) is 5. The number of carbonyl (C=O) groups is 1. The molecule has 0 bridgehead atoms. The standard InChI is InChI=1S/C23H30ClN5O/c1-27(2)23-25-14-20(17-7-9-19(24)10-8-17)22(26-23)18-6-5-13-29(15-18)21(30)16-28-11-3-4-12-28/h7-10,14,18H,3-6,11-13,15-16H2,1-2H3/t18-/m0/s1. The first-order chi connectivity index (χ1) is 14.5. The number of anilines is 1. The van der Waals surface area contributed by atoms with Crippen LogP contribution >= 0.6 is 11.6 Å². The van der Waals surface area contributed by atoms with E-state index in [4.69, 9.17) is 16.6 Å². The zero-order valence-electron chi connectivity index (χ0n) is 17.9. The number of aromatic nitrogens is 2. The molecule has 0 saturated carbocycles. The predicted octanol–water partition coefficient (Wildman–Crippen LogP) is 3.66. The van der Waals surface area contributed by atoms with Gasteiger partial charge in [-0.3, -0.25) is 9.69 Å². The van der Waals surface area contributed by atoms with E-state index in [1.54, 1.807) is 0 Å². The molecule has 1 aromatic heterocycles. The summed E-state index contributed by atoms with van der Waals surface area (Å²) in [5, 5.41) is 0.711. The molecular weight excluding hydrogens is 398 g/mol. The maximum atomic E-state index is 12.9. The summed E-state index contributed by atoms with van der Waals surface area (Å²) < 4.78 is 0. The average molecular weight is 428 g/mol. The molecule has 3 heterocycles. The monoisotopic (exact) mass is 427 g/mol. The summed E-state index contributed by atoms with van der Waals surface area (Å²) in [5.41, 5.74) is 3.10. The van der Waals surface area contributed by atoms with Crippen LogP contribution in [0.15, 0.2) is 30.5 Å². The molecule has 2 aliphatic heterocycles. The molecular formula is C23H30ClN5O. The topological polar surface area (TPSA) is 52.6 Å². The molecule has 6 nitrogen and oxygen atoms in total. The molecule has 7 heteroatoms. The second kappa shape index (κ2) is 9.31. The quantitative estimate of drug-likeness (QED) is 0.728. The lowest BCUT2D eigenvalue weighted by atomic mass is 9.90. The fourth-order valence-electron chi connectivity index (χ4n) is 4.42. The first-order valence-corrected chi connectivity index (χ1v) is 11.2. The van der Waals surface area contributed by atoms with Gasteiger partial charge < -0.3 is 9.80 Å². The lowest BCUT2D eigenvalue weighted by Crippen LogP contribution is -2.44. The van der Waals surface area contributed by atoms with Gasteiger partial charge in [-0.15, -0.1) is 0 Å². The SMILES string of the molecule is CN(C)c1ncc(-c2ccc(Cl)cc2)c([C@H]2CCCN(C(=O)CN3CCCC3)C2)n1. The fraction of sp³-hybridized carbons (Fsp3) is 0.522. The van der Waals surface area contributed by atoms with E-state index in [1.165, 1.54) is 12.8 Å². The molecule has 2 aliphatic rings. The van der Waals surface area contributed by atoms with Crippen LogP contribution in [0.5, 0.6) is 0 Å². The van der Waals surface area contributed by atoms with Gasteiger partial charge in [-0.1, -0.05) is 23.7 Å². The second-order valence-corrected chi connectivity index (χ2v) is 8.97. The van der Waals surface area contributed by atoms with Crippen molar-refractivity contribution < 1.29 is 4.79 Å². The number of nitrogens with zero attached hydrogens (tertiary/aromatic N) is 5. The largest absolute Gasteiger partial charge is 0.347 e. The number of rotatable bonds is 5. The van der Waals surface area contributed by atoms with Crippen LogP contribution in [-0.2, 0) is 4.79 Å². The Kier molecular flexibility index (Phi) is 6.54. The zero-order valence-corrected chi connectivity index (χ0v) is 18.6. The Bertz CT molecular complexity index is 880. The molecule has 0 aliphatic carbocycles. The van der Waals surface area contributed by atoms with Crippen LogP contribution in [0.4, 0.5) is 5.95 Å². The van der Waals surface area contributed by atoms with Crippen molar-refractivity contribution >= 4 is 23.5 Å². The fourth-order valence-corrected chi connectivity index (χ4v) is 4.55. The minimum atomic E-state index is 0.202. The van der Waals surface area contributed by atoms with Crippen molar-refractivity contribution in [3.63, 3.8) is 0 Å². The van der Waals surface area contributed by atoms with Gasteiger partial charge in [-0.25, -0.2) is 9.97 Å². The summed E-state index contributed by atoms with van der Waals surface area (Å²) in [6.45, 7) is 4.19. The van der Waals surface area contributed by atoms with Crippen molar-refractivity contribution in [3.05, 3.63) is 41.2 Å². The maximum absolute atomic E-state index is 12.9. The van der Waals surface area contributed by atoms with Crippen LogP contribution < -0.4 is 4.90 Å². The van der Waals surface area contributed by atoms with Crippen molar-refractivity contribution in [3.8, 4) is 11.1 Å². The molecule has 1 aromatic carbocycles. The van der Waals surface area contributed by atoms with Crippen molar-refractivity contribution in [2.45, 2.75) is 31.6 Å². The maximum Gasteiger partial charge on any atom is 0.236 e. The number of amides is 1. The number of likely N-dealkylation sites (tertiary alicyclic amines) is 2. The van der Waals surface area contributed by atoms with Crippen molar-refractivity contribution in [2.24, 2.45) is 0 Å². The highest BCUT2D eigenvalue weighted by atomic mass is 35.5. The third-order valence-corrected chi connectivity index (χ3v) is 6.33. The number of hydrogen-bond donors (Lipinski definition) is 0. The molecule has 30 heavy (non-hydrogen) atoms. The van der Waals surface area contributed by atoms with Gasteiger partial charge in [0.1, 0.15) is 0 Å². The van der Waals surface area contributed by atoms with E-state index in [0.29, 0.717) is 17.5 Å². The van der Waals surface area contributed by atoms with Crippen molar-refractivity contribution in [2.75, 3.05) is 51.7 Å². The molecule has 0 N–H and O–H groups in total.